The highest BCUT2D eigenvalue weighted by molar-refractivity contribution is 6.31. The highest BCUT2D eigenvalue weighted by atomic mass is 35.5. The number of methoxy groups -OCH3 is 1. The number of hydrazone groups is 1. The normalized spacial score (nSPS) is 12.4. The minimum Gasteiger partial charge on any atom is -0.452 e. The number of fused-ring (bicyclic) bond motifs is 1. The van der Waals surface area contributed by atoms with Gasteiger partial charge >= 0.3 is 6.09 Å². The molecule has 0 unspecified atom stereocenters. The molecule has 0 radical (unpaired) electrons. The topological polar surface area (TPSA) is 160 Å². The van der Waals surface area contributed by atoms with E-state index in [0.717, 1.165) is 7.11 Å². The molecule has 1 atom stereocenters. The van der Waals surface area contributed by atoms with Crippen LogP contribution < -0.4 is 11.0 Å². The van der Waals surface area contributed by atoms with Crippen molar-refractivity contribution in [2.24, 2.45) is 5.10 Å². The number of carbonyl (C=O) groups excluding carboxylic acids is 1. The van der Waals surface area contributed by atoms with Crippen LogP contribution in [0.5, 0.6) is 0 Å². The third-order valence-corrected chi connectivity index (χ3v) is 4.26. The second kappa shape index (κ2) is 8.68. The number of nitrogens with one attached hydrogen (secondary N) is 2. The van der Waals surface area contributed by atoms with Gasteiger partial charge in [0.15, 0.2) is 5.69 Å². The first-order chi connectivity index (χ1) is 14.3. The summed E-state index contributed by atoms with van der Waals surface area (Å²) in [7, 11) is 1.11. The number of aromatic nitrogens is 2. The van der Waals surface area contributed by atoms with Crippen LogP contribution in [0, 0.1) is 10.1 Å². The molecular weight excluding hydrogens is 418 g/mol. The zero-order valence-electron chi connectivity index (χ0n) is 15.3. The number of carbonyl (C=O) groups is 1. The van der Waals surface area contributed by atoms with Gasteiger partial charge in [-0.1, -0.05) is 11.6 Å². The van der Waals surface area contributed by atoms with Crippen LogP contribution in [-0.4, -0.2) is 38.9 Å². The molecule has 1 heterocycles. The highest BCUT2D eigenvalue weighted by Crippen LogP contribution is 2.22. The number of H-pyrrole nitrogens is 1. The van der Waals surface area contributed by atoms with Crippen LogP contribution in [0.4, 0.5) is 10.5 Å². The monoisotopic (exact) mass is 431 g/mol. The number of amides is 1. The molecule has 11 nitrogen and oxygen atoms in total. The summed E-state index contributed by atoms with van der Waals surface area (Å²) in [5.41, 5.74) is 1.49. The quantitative estimate of drug-likeness (QED) is 0.317. The summed E-state index contributed by atoms with van der Waals surface area (Å²) in [6.45, 7) is 0. The molecule has 3 rings (SSSR count). The molecule has 0 aliphatic heterocycles. The van der Waals surface area contributed by atoms with E-state index in [1.165, 1.54) is 30.3 Å². The third-order valence-electron chi connectivity index (χ3n) is 4.03. The van der Waals surface area contributed by atoms with E-state index >= 15 is 0 Å². The van der Waals surface area contributed by atoms with Gasteiger partial charge in [0.1, 0.15) is 11.8 Å². The Balaban J connectivity index is 2.11. The number of nitrogens with zero attached hydrogens (tertiary/aromatic N) is 3. The number of aromatic amines is 1. The standard InChI is InChI=1S/C18H14ClN5O6/c1-30-18(27)23-22-14(16(25)9-2-5-11(6-3-9)24(28)29)15-17(26)21-13-8-10(19)4-7-12(13)20-15/h2-8,16,25H,1H3,(H,21,26)(H,23,27)/b22-14-/t16-/m0/s1. The molecule has 3 aromatic rings. The Hall–Kier alpha value is -3.83. The van der Waals surface area contributed by atoms with Crippen molar-refractivity contribution in [1.82, 2.24) is 15.4 Å². The van der Waals surface area contributed by atoms with Crippen molar-refractivity contribution in [3.8, 4) is 0 Å². The van der Waals surface area contributed by atoms with E-state index in [1.54, 1.807) is 12.1 Å². The van der Waals surface area contributed by atoms with Gasteiger partial charge in [0.2, 0.25) is 0 Å². The molecule has 3 N–H and O–H groups in total. The second-order valence-corrected chi connectivity index (χ2v) is 6.36. The first-order valence-corrected chi connectivity index (χ1v) is 8.72. The fourth-order valence-electron chi connectivity index (χ4n) is 2.56. The van der Waals surface area contributed by atoms with Crippen LogP contribution in [0.1, 0.15) is 17.4 Å². The van der Waals surface area contributed by atoms with Crippen molar-refractivity contribution >= 4 is 40.1 Å². The molecule has 30 heavy (non-hydrogen) atoms. The minimum absolute atomic E-state index is 0.184. The number of hydrogen-bond donors (Lipinski definition) is 3. The summed E-state index contributed by atoms with van der Waals surface area (Å²) in [4.78, 5) is 41.1. The Morgan fingerprint density at radius 3 is 2.67 bits per heavy atom. The number of hydrogen-bond acceptors (Lipinski definition) is 8. The largest absolute Gasteiger partial charge is 0.452 e. The number of nitro groups is 1. The Morgan fingerprint density at radius 2 is 2.03 bits per heavy atom. The predicted octanol–water partition coefficient (Wildman–Crippen LogP) is 2.28. The van der Waals surface area contributed by atoms with E-state index in [2.05, 4.69) is 19.8 Å². The maximum Gasteiger partial charge on any atom is 0.427 e. The Bertz CT molecular complexity index is 1210. The van der Waals surface area contributed by atoms with Gasteiger partial charge in [-0.15, -0.1) is 0 Å². The summed E-state index contributed by atoms with van der Waals surface area (Å²) in [6.07, 6.45) is -2.48. The zero-order valence-corrected chi connectivity index (χ0v) is 16.1. The molecule has 12 heteroatoms. The van der Waals surface area contributed by atoms with Gasteiger partial charge in [-0.2, -0.15) is 5.10 Å². The molecule has 0 saturated carbocycles. The number of aliphatic hydroxyl groups excluding tert-OH is 1. The van der Waals surface area contributed by atoms with E-state index in [1.807, 2.05) is 5.43 Å². The average molecular weight is 432 g/mol. The van der Waals surface area contributed by atoms with E-state index in [9.17, 15) is 24.8 Å². The van der Waals surface area contributed by atoms with Gasteiger partial charge in [-0.05, 0) is 35.9 Å². The Labute approximate surface area is 173 Å². The van der Waals surface area contributed by atoms with Crippen LogP contribution in [0.3, 0.4) is 0 Å². The number of nitro benzene ring substituents is 1. The van der Waals surface area contributed by atoms with Gasteiger partial charge in [0, 0.05) is 17.2 Å². The number of rotatable bonds is 5. The van der Waals surface area contributed by atoms with Crippen LogP contribution in [0.25, 0.3) is 11.0 Å². The maximum absolute atomic E-state index is 12.6. The molecule has 154 valence electrons. The SMILES string of the molecule is COC(=O)N/N=C(/c1nc2ccc(Cl)cc2[nH]c1=O)[C@@H](O)c1ccc([N+](=O)[O-])cc1. The van der Waals surface area contributed by atoms with Crippen LogP contribution in [0.2, 0.25) is 5.02 Å². The van der Waals surface area contributed by atoms with Crippen molar-refractivity contribution in [3.63, 3.8) is 0 Å². The summed E-state index contributed by atoms with van der Waals surface area (Å²) in [5, 5.41) is 25.8. The number of aliphatic hydroxyl groups is 1. The van der Waals surface area contributed by atoms with Gasteiger partial charge < -0.3 is 14.8 Å². The van der Waals surface area contributed by atoms with E-state index in [4.69, 9.17) is 11.6 Å². The molecule has 0 bridgehead atoms. The molecule has 0 spiro atoms. The predicted molar refractivity (Wildman–Crippen MR) is 108 cm³/mol. The zero-order chi connectivity index (χ0) is 21.8. The molecule has 0 aliphatic rings. The summed E-state index contributed by atoms with van der Waals surface area (Å²) in [5.74, 6) is 0. The lowest BCUT2D eigenvalue weighted by atomic mass is 10.0. The maximum atomic E-state index is 12.6. The average Bonchev–Trinajstić information content (AvgIpc) is 2.73. The lowest BCUT2D eigenvalue weighted by Crippen LogP contribution is -2.29. The molecule has 2 aromatic carbocycles. The Kier molecular flexibility index (Phi) is 6.04. The van der Waals surface area contributed by atoms with Crippen LogP contribution in [0.15, 0.2) is 52.4 Å². The van der Waals surface area contributed by atoms with E-state index in [-0.39, 0.29) is 22.7 Å². The first kappa shape index (κ1) is 20.9. The van der Waals surface area contributed by atoms with Gasteiger partial charge in [0.25, 0.3) is 11.2 Å². The van der Waals surface area contributed by atoms with Crippen molar-refractivity contribution in [1.29, 1.82) is 0 Å². The van der Waals surface area contributed by atoms with Crippen molar-refractivity contribution in [3.05, 3.63) is 79.2 Å². The Morgan fingerprint density at radius 1 is 1.33 bits per heavy atom. The molecule has 0 fully saturated rings. The number of halogens is 1. The smallest absolute Gasteiger partial charge is 0.427 e. The second-order valence-electron chi connectivity index (χ2n) is 5.93. The van der Waals surface area contributed by atoms with Gasteiger partial charge in [-0.25, -0.2) is 15.2 Å². The van der Waals surface area contributed by atoms with Gasteiger partial charge in [-0.3, -0.25) is 14.9 Å². The van der Waals surface area contributed by atoms with E-state index in [0.29, 0.717) is 16.1 Å². The lowest BCUT2D eigenvalue weighted by Gasteiger charge is -2.14. The highest BCUT2D eigenvalue weighted by Gasteiger charge is 2.23. The van der Waals surface area contributed by atoms with Crippen LogP contribution >= 0.6 is 11.6 Å². The minimum atomic E-state index is -1.54. The van der Waals surface area contributed by atoms with Crippen molar-refractivity contribution in [2.45, 2.75) is 6.10 Å². The molecule has 0 aliphatic carbocycles. The third kappa shape index (κ3) is 4.42. The molecule has 1 amide bonds. The summed E-state index contributed by atoms with van der Waals surface area (Å²) >= 11 is 5.92. The summed E-state index contributed by atoms with van der Waals surface area (Å²) in [6, 6.07) is 9.59. The van der Waals surface area contributed by atoms with Crippen LogP contribution in [-0.2, 0) is 4.74 Å². The molecule has 1 aromatic heterocycles. The number of benzene rings is 2. The van der Waals surface area contributed by atoms with Crippen molar-refractivity contribution < 1.29 is 19.6 Å². The fraction of sp³-hybridized carbons (Fsp3) is 0.111. The first-order valence-electron chi connectivity index (χ1n) is 8.34. The van der Waals surface area contributed by atoms with E-state index < -0.39 is 22.7 Å². The van der Waals surface area contributed by atoms with Gasteiger partial charge in [0.05, 0.1) is 23.1 Å². The lowest BCUT2D eigenvalue weighted by molar-refractivity contribution is -0.384. The number of non-ortho nitro benzene ring substituents is 1. The summed E-state index contributed by atoms with van der Waals surface area (Å²) < 4.78 is 4.44. The van der Waals surface area contributed by atoms with Crippen molar-refractivity contribution in [2.75, 3.05) is 7.11 Å². The number of ether oxygens (including phenoxy) is 1. The fourth-order valence-corrected chi connectivity index (χ4v) is 2.74. The molecule has 0 saturated heterocycles. The molecular formula is C18H14ClN5O6.